The van der Waals surface area contributed by atoms with E-state index in [-0.39, 0.29) is 12.3 Å². The number of aromatic nitrogens is 1. The molecular formula is C8H9F3N2O. The Morgan fingerprint density at radius 3 is 2.43 bits per heavy atom. The highest BCUT2D eigenvalue weighted by molar-refractivity contribution is 5.18. The highest BCUT2D eigenvalue weighted by Gasteiger charge is 2.30. The monoisotopic (exact) mass is 206 g/mol. The maximum Gasteiger partial charge on any atom is 0.417 e. The zero-order chi connectivity index (χ0) is 10.8. The minimum atomic E-state index is -4.39. The summed E-state index contributed by atoms with van der Waals surface area (Å²) in [5, 5.41) is 8.63. The van der Waals surface area contributed by atoms with Crippen LogP contribution in [0.5, 0.6) is 0 Å². The van der Waals surface area contributed by atoms with E-state index in [2.05, 4.69) is 4.98 Å². The van der Waals surface area contributed by atoms with Crippen LogP contribution < -0.4 is 5.73 Å². The van der Waals surface area contributed by atoms with Crippen molar-refractivity contribution in [3.8, 4) is 0 Å². The number of hydrogen-bond donors (Lipinski definition) is 2. The van der Waals surface area contributed by atoms with Crippen molar-refractivity contribution in [1.82, 2.24) is 4.98 Å². The number of aliphatic hydroxyl groups is 1. The lowest BCUT2D eigenvalue weighted by molar-refractivity contribution is -0.137. The molecule has 0 amide bonds. The maximum absolute atomic E-state index is 12.1. The van der Waals surface area contributed by atoms with Crippen molar-refractivity contribution in [2.24, 2.45) is 5.73 Å². The molecule has 0 aromatic carbocycles. The fourth-order valence-electron chi connectivity index (χ4n) is 0.886. The first-order valence-electron chi connectivity index (χ1n) is 3.84. The highest BCUT2D eigenvalue weighted by atomic mass is 19.4. The summed E-state index contributed by atoms with van der Waals surface area (Å²) in [6.45, 7) is -0.349. The van der Waals surface area contributed by atoms with Crippen LogP contribution in [0.4, 0.5) is 13.2 Å². The molecule has 0 aliphatic heterocycles. The molecule has 1 rings (SSSR count). The number of nitrogens with two attached hydrogens (primary N) is 1. The minimum Gasteiger partial charge on any atom is -0.394 e. The van der Waals surface area contributed by atoms with Gasteiger partial charge < -0.3 is 10.8 Å². The van der Waals surface area contributed by atoms with Gasteiger partial charge in [0.25, 0.3) is 0 Å². The van der Waals surface area contributed by atoms with Gasteiger partial charge in [-0.3, -0.25) is 4.98 Å². The number of aliphatic hydroxyl groups excluding tert-OH is 1. The lowest BCUT2D eigenvalue weighted by Crippen LogP contribution is -2.16. The van der Waals surface area contributed by atoms with Crippen molar-refractivity contribution in [3.05, 3.63) is 29.6 Å². The van der Waals surface area contributed by atoms with Crippen molar-refractivity contribution in [3.63, 3.8) is 0 Å². The molecule has 1 heterocycles. The average Bonchev–Trinajstić information content (AvgIpc) is 2.15. The fraction of sp³-hybridized carbons (Fsp3) is 0.375. The standard InChI is InChI=1S/C8H9F3N2O/c9-8(10,11)5-1-2-7(13-3-5)6(12)4-14/h1-3,6,14H,4,12H2/t6-/m1/s1. The summed E-state index contributed by atoms with van der Waals surface area (Å²) in [5.74, 6) is 0. The Labute approximate surface area is 78.4 Å². The summed E-state index contributed by atoms with van der Waals surface area (Å²) >= 11 is 0. The molecule has 0 unspecified atom stereocenters. The smallest absolute Gasteiger partial charge is 0.394 e. The van der Waals surface area contributed by atoms with E-state index < -0.39 is 17.8 Å². The molecule has 6 heteroatoms. The molecule has 0 spiro atoms. The van der Waals surface area contributed by atoms with Gasteiger partial charge in [-0.25, -0.2) is 0 Å². The molecule has 1 aromatic rings. The van der Waals surface area contributed by atoms with Crippen LogP contribution >= 0.6 is 0 Å². The predicted molar refractivity (Wildman–Crippen MR) is 43.3 cm³/mol. The van der Waals surface area contributed by atoms with Crippen molar-refractivity contribution in [2.75, 3.05) is 6.61 Å². The molecular weight excluding hydrogens is 197 g/mol. The molecule has 1 atom stereocenters. The lowest BCUT2D eigenvalue weighted by atomic mass is 10.2. The van der Waals surface area contributed by atoms with Crippen molar-refractivity contribution in [2.45, 2.75) is 12.2 Å². The largest absolute Gasteiger partial charge is 0.417 e. The molecule has 0 aliphatic rings. The number of pyridine rings is 1. The molecule has 0 saturated heterocycles. The van der Waals surface area contributed by atoms with Gasteiger partial charge in [-0.1, -0.05) is 0 Å². The van der Waals surface area contributed by atoms with Gasteiger partial charge in [-0.2, -0.15) is 13.2 Å². The maximum atomic E-state index is 12.1. The second-order valence-electron chi connectivity index (χ2n) is 2.76. The molecule has 0 saturated carbocycles. The van der Waals surface area contributed by atoms with Gasteiger partial charge in [0, 0.05) is 6.20 Å². The molecule has 0 aliphatic carbocycles. The molecule has 14 heavy (non-hydrogen) atoms. The first-order chi connectivity index (χ1) is 6.45. The van der Waals surface area contributed by atoms with Crippen LogP contribution in [-0.4, -0.2) is 16.7 Å². The molecule has 0 bridgehead atoms. The summed E-state index contributed by atoms with van der Waals surface area (Å²) in [6.07, 6.45) is -3.69. The zero-order valence-corrected chi connectivity index (χ0v) is 7.12. The summed E-state index contributed by atoms with van der Waals surface area (Å²) in [5.41, 5.74) is 4.77. The van der Waals surface area contributed by atoms with E-state index in [1.54, 1.807) is 0 Å². The second-order valence-corrected chi connectivity index (χ2v) is 2.76. The summed E-state index contributed by atoms with van der Waals surface area (Å²) in [6, 6.07) is 1.30. The Hall–Kier alpha value is -1.14. The van der Waals surface area contributed by atoms with Crippen LogP contribution in [0, 0.1) is 0 Å². The minimum absolute atomic E-state index is 0.237. The number of rotatable bonds is 2. The molecule has 3 N–H and O–H groups in total. The molecule has 1 aromatic heterocycles. The van der Waals surface area contributed by atoms with Crippen molar-refractivity contribution >= 4 is 0 Å². The fourth-order valence-corrected chi connectivity index (χ4v) is 0.886. The van der Waals surface area contributed by atoms with Crippen LogP contribution in [0.3, 0.4) is 0 Å². The third-order valence-electron chi connectivity index (χ3n) is 1.69. The Bertz CT molecular complexity index is 296. The Kier molecular flexibility index (Phi) is 3.07. The molecule has 3 nitrogen and oxygen atoms in total. The van der Waals surface area contributed by atoms with Gasteiger partial charge in [0.15, 0.2) is 0 Å². The second kappa shape index (κ2) is 3.93. The van der Waals surface area contributed by atoms with E-state index in [1.807, 2.05) is 0 Å². The van der Waals surface area contributed by atoms with Crippen LogP contribution in [-0.2, 0) is 6.18 Å². The van der Waals surface area contributed by atoms with E-state index >= 15 is 0 Å². The van der Waals surface area contributed by atoms with Gasteiger partial charge in [0.2, 0.25) is 0 Å². The normalized spacial score (nSPS) is 14.1. The summed E-state index contributed by atoms with van der Waals surface area (Å²) < 4.78 is 36.2. The van der Waals surface area contributed by atoms with E-state index in [4.69, 9.17) is 10.8 Å². The Balaban J connectivity index is 2.89. The highest BCUT2D eigenvalue weighted by Crippen LogP contribution is 2.28. The van der Waals surface area contributed by atoms with E-state index in [0.29, 0.717) is 6.20 Å². The number of hydrogen-bond acceptors (Lipinski definition) is 3. The summed E-state index contributed by atoms with van der Waals surface area (Å²) in [7, 11) is 0. The van der Waals surface area contributed by atoms with Gasteiger partial charge in [0.05, 0.1) is 23.9 Å². The predicted octanol–water partition coefficient (Wildman–Crippen LogP) is 1.09. The van der Waals surface area contributed by atoms with Crippen LogP contribution in [0.25, 0.3) is 0 Å². The Morgan fingerprint density at radius 2 is 2.07 bits per heavy atom. The van der Waals surface area contributed by atoms with Gasteiger partial charge in [0.1, 0.15) is 0 Å². The summed E-state index contributed by atoms with van der Waals surface area (Å²) in [4.78, 5) is 3.51. The quantitative estimate of drug-likeness (QED) is 0.761. The SMILES string of the molecule is N[C@H](CO)c1ccc(C(F)(F)F)cn1. The van der Waals surface area contributed by atoms with E-state index in [9.17, 15) is 13.2 Å². The topological polar surface area (TPSA) is 59.1 Å². The molecule has 0 fully saturated rings. The van der Waals surface area contributed by atoms with Gasteiger partial charge in [-0.05, 0) is 12.1 Å². The first-order valence-corrected chi connectivity index (χ1v) is 3.84. The van der Waals surface area contributed by atoms with E-state index in [1.165, 1.54) is 0 Å². The van der Waals surface area contributed by atoms with Crippen molar-refractivity contribution < 1.29 is 18.3 Å². The third-order valence-corrected chi connectivity index (χ3v) is 1.69. The third kappa shape index (κ3) is 2.43. The molecule has 78 valence electrons. The van der Waals surface area contributed by atoms with Crippen LogP contribution in [0.15, 0.2) is 18.3 Å². The number of nitrogens with zero attached hydrogens (tertiary/aromatic N) is 1. The van der Waals surface area contributed by atoms with Crippen LogP contribution in [0.1, 0.15) is 17.3 Å². The zero-order valence-electron chi connectivity index (χ0n) is 7.12. The number of alkyl halides is 3. The van der Waals surface area contributed by atoms with Crippen LogP contribution in [0.2, 0.25) is 0 Å². The number of halogens is 3. The Morgan fingerprint density at radius 1 is 1.43 bits per heavy atom. The molecule has 0 radical (unpaired) electrons. The van der Waals surface area contributed by atoms with E-state index in [0.717, 1.165) is 12.1 Å². The average molecular weight is 206 g/mol. The van der Waals surface area contributed by atoms with Gasteiger partial charge in [-0.15, -0.1) is 0 Å². The van der Waals surface area contributed by atoms with Gasteiger partial charge >= 0.3 is 6.18 Å². The first kappa shape index (κ1) is 10.9. The van der Waals surface area contributed by atoms with Crippen molar-refractivity contribution in [1.29, 1.82) is 0 Å². The lowest BCUT2D eigenvalue weighted by Gasteiger charge is -2.09.